The van der Waals surface area contributed by atoms with Gasteiger partial charge in [-0.2, -0.15) is 0 Å². The van der Waals surface area contributed by atoms with Crippen LogP contribution in [0, 0.1) is 10.1 Å². The van der Waals surface area contributed by atoms with Crippen LogP contribution in [0.2, 0.25) is 0 Å². The van der Waals surface area contributed by atoms with Crippen LogP contribution in [0.3, 0.4) is 0 Å². The lowest BCUT2D eigenvalue weighted by molar-refractivity contribution is -0.385. The molecule has 0 radical (unpaired) electrons. The minimum Gasteiger partial charge on any atom is -0.379 e. The quantitative estimate of drug-likeness (QED) is 0.561. The summed E-state index contributed by atoms with van der Waals surface area (Å²) in [5.74, 6) is -0.423. The highest BCUT2D eigenvalue weighted by atomic mass is 32.2. The normalized spacial score (nSPS) is 16.9. The number of hydrogen-bond donors (Lipinski definition) is 2. The van der Waals surface area contributed by atoms with Crippen molar-refractivity contribution in [1.29, 1.82) is 0 Å². The van der Waals surface area contributed by atoms with Crippen molar-refractivity contribution >= 4 is 27.3 Å². The number of nitro groups is 1. The Bertz CT molecular complexity index is 986. The summed E-state index contributed by atoms with van der Waals surface area (Å²) in [6.07, 6.45) is 1.62. The Kier molecular flexibility index (Phi) is 5.90. The van der Waals surface area contributed by atoms with Gasteiger partial charge in [0.1, 0.15) is 0 Å². The third-order valence-corrected chi connectivity index (χ3v) is 5.61. The molecule has 3 rings (SSSR count). The third kappa shape index (κ3) is 4.65. The monoisotopic (exact) mass is 405 g/mol. The van der Waals surface area contributed by atoms with E-state index in [4.69, 9.17) is 4.74 Å². The number of benzene rings is 2. The minimum absolute atomic E-state index is 0.0863. The summed E-state index contributed by atoms with van der Waals surface area (Å²) in [5.41, 5.74) is -0.100. The van der Waals surface area contributed by atoms with Crippen LogP contribution in [0.5, 0.6) is 0 Å². The number of hydrogen-bond acceptors (Lipinski definition) is 6. The first kappa shape index (κ1) is 19.8. The number of anilines is 1. The topological polar surface area (TPSA) is 128 Å². The molecule has 1 heterocycles. The van der Waals surface area contributed by atoms with E-state index in [1.165, 1.54) is 30.3 Å². The molecule has 1 atom stereocenters. The highest BCUT2D eigenvalue weighted by Gasteiger charge is 2.22. The van der Waals surface area contributed by atoms with Crippen molar-refractivity contribution in [2.24, 2.45) is 0 Å². The smallest absolute Gasteiger partial charge is 0.270 e. The van der Waals surface area contributed by atoms with E-state index in [0.29, 0.717) is 13.2 Å². The van der Waals surface area contributed by atoms with E-state index in [1.807, 2.05) is 0 Å². The molecule has 2 N–H and O–H groups in total. The zero-order valence-corrected chi connectivity index (χ0v) is 15.6. The summed E-state index contributed by atoms with van der Waals surface area (Å²) < 4.78 is 33.0. The van der Waals surface area contributed by atoms with E-state index >= 15 is 0 Å². The maximum Gasteiger partial charge on any atom is 0.270 e. The van der Waals surface area contributed by atoms with Gasteiger partial charge in [0, 0.05) is 18.7 Å². The molecule has 0 aliphatic carbocycles. The first-order valence-corrected chi connectivity index (χ1v) is 10.1. The van der Waals surface area contributed by atoms with Crippen molar-refractivity contribution in [2.45, 2.75) is 23.8 Å². The number of carbonyl (C=O) groups excluding carboxylic acids is 1. The largest absolute Gasteiger partial charge is 0.379 e. The SMILES string of the molecule is O=C(NC1CCCOC1)c1ccccc1NS(=O)(=O)c1cccc([N+](=O)[O-])c1. The van der Waals surface area contributed by atoms with Gasteiger partial charge in [-0.25, -0.2) is 8.42 Å². The fourth-order valence-electron chi connectivity index (χ4n) is 2.86. The molecule has 1 fully saturated rings. The van der Waals surface area contributed by atoms with Gasteiger partial charge < -0.3 is 10.1 Å². The van der Waals surface area contributed by atoms with Gasteiger partial charge >= 0.3 is 0 Å². The van der Waals surface area contributed by atoms with Crippen LogP contribution >= 0.6 is 0 Å². The number of rotatable bonds is 6. The summed E-state index contributed by atoms with van der Waals surface area (Å²) in [7, 11) is -4.12. The molecule has 1 saturated heterocycles. The lowest BCUT2D eigenvalue weighted by atomic mass is 10.1. The molecule has 1 aliphatic heterocycles. The van der Waals surface area contributed by atoms with Crippen molar-refractivity contribution in [1.82, 2.24) is 5.32 Å². The molecule has 9 nitrogen and oxygen atoms in total. The molecule has 1 amide bonds. The molecule has 2 aromatic carbocycles. The summed E-state index contributed by atoms with van der Waals surface area (Å²) in [5, 5.41) is 13.7. The van der Waals surface area contributed by atoms with Gasteiger partial charge in [0.2, 0.25) is 0 Å². The first-order chi connectivity index (χ1) is 13.4. The van der Waals surface area contributed by atoms with E-state index < -0.39 is 20.9 Å². The third-order valence-electron chi connectivity index (χ3n) is 4.25. The number of nitrogens with zero attached hydrogens (tertiary/aromatic N) is 1. The van der Waals surface area contributed by atoms with Crippen LogP contribution in [-0.2, 0) is 14.8 Å². The molecule has 148 valence electrons. The zero-order chi connectivity index (χ0) is 20.1. The second-order valence-corrected chi connectivity index (χ2v) is 7.98. The van der Waals surface area contributed by atoms with Crippen LogP contribution in [-0.4, -0.2) is 38.5 Å². The van der Waals surface area contributed by atoms with Crippen molar-refractivity contribution in [3.05, 3.63) is 64.2 Å². The Balaban J connectivity index is 1.83. The molecule has 1 unspecified atom stereocenters. The molecular weight excluding hydrogens is 386 g/mol. The Morgan fingerprint density at radius 3 is 2.68 bits per heavy atom. The number of ether oxygens (including phenoxy) is 1. The Morgan fingerprint density at radius 1 is 1.18 bits per heavy atom. The van der Waals surface area contributed by atoms with Gasteiger partial charge in [-0.1, -0.05) is 18.2 Å². The van der Waals surface area contributed by atoms with E-state index in [1.54, 1.807) is 12.1 Å². The van der Waals surface area contributed by atoms with Crippen LogP contribution in [0.4, 0.5) is 11.4 Å². The van der Waals surface area contributed by atoms with E-state index in [0.717, 1.165) is 18.9 Å². The summed E-state index contributed by atoms with van der Waals surface area (Å²) in [6.45, 7) is 1.07. The number of nitro benzene ring substituents is 1. The Labute approximate surface area is 161 Å². The summed E-state index contributed by atoms with van der Waals surface area (Å²) in [4.78, 5) is 22.6. The fourth-order valence-corrected chi connectivity index (χ4v) is 3.97. The van der Waals surface area contributed by atoms with E-state index in [9.17, 15) is 23.3 Å². The number of non-ortho nitro benzene ring substituents is 1. The van der Waals surface area contributed by atoms with Gasteiger partial charge in [0.25, 0.3) is 21.6 Å². The molecule has 0 saturated carbocycles. The summed E-state index contributed by atoms with van der Waals surface area (Å²) >= 11 is 0. The predicted octanol–water partition coefficient (Wildman–Crippen LogP) is 2.30. The minimum atomic E-state index is -4.12. The maximum absolute atomic E-state index is 12.7. The molecule has 1 aliphatic rings. The van der Waals surface area contributed by atoms with Gasteiger partial charge in [0.05, 0.1) is 33.7 Å². The van der Waals surface area contributed by atoms with Gasteiger partial charge in [-0.3, -0.25) is 19.6 Å². The number of carbonyl (C=O) groups is 1. The van der Waals surface area contributed by atoms with Gasteiger partial charge in [-0.15, -0.1) is 0 Å². The second-order valence-electron chi connectivity index (χ2n) is 6.29. The first-order valence-electron chi connectivity index (χ1n) is 8.62. The average Bonchev–Trinajstić information content (AvgIpc) is 2.69. The number of nitrogens with one attached hydrogen (secondary N) is 2. The maximum atomic E-state index is 12.7. The molecular formula is C18H19N3O6S. The Morgan fingerprint density at radius 2 is 1.96 bits per heavy atom. The van der Waals surface area contributed by atoms with Crippen molar-refractivity contribution in [2.75, 3.05) is 17.9 Å². The standard InChI is InChI=1S/C18H19N3O6S/c22-18(19-13-5-4-10-27-12-13)16-8-1-2-9-17(16)20-28(25,26)15-7-3-6-14(11-15)21(23)24/h1-3,6-9,11,13,20H,4-5,10,12H2,(H,19,22). The van der Waals surface area contributed by atoms with E-state index in [2.05, 4.69) is 10.0 Å². The van der Waals surface area contributed by atoms with Crippen LogP contribution in [0.25, 0.3) is 0 Å². The predicted molar refractivity (Wildman–Crippen MR) is 102 cm³/mol. The molecule has 0 spiro atoms. The highest BCUT2D eigenvalue weighted by Crippen LogP contribution is 2.23. The molecule has 0 aromatic heterocycles. The average molecular weight is 405 g/mol. The van der Waals surface area contributed by atoms with Crippen LogP contribution in [0.15, 0.2) is 53.4 Å². The molecule has 2 aromatic rings. The second kappa shape index (κ2) is 8.36. The summed E-state index contributed by atoms with van der Waals surface area (Å²) in [6, 6.07) is 10.7. The fraction of sp³-hybridized carbons (Fsp3) is 0.278. The van der Waals surface area contributed by atoms with E-state index in [-0.39, 0.29) is 27.9 Å². The number of amides is 1. The lowest BCUT2D eigenvalue weighted by Gasteiger charge is -2.23. The molecule has 0 bridgehead atoms. The van der Waals surface area contributed by atoms with Crippen molar-refractivity contribution in [3.63, 3.8) is 0 Å². The number of para-hydroxylation sites is 1. The van der Waals surface area contributed by atoms with Crippen molar-refractivity contribution in [3.8, 4) is 0 Å². The lowest BCUT2D eigenvalue weighted by Crippen LogP contribution is -2.40. The van der Waals surface area contributed by atoms with Gasteiger partial charge in [-0.05, 0) is 31.0 Å². The number of sulfonamides is 1. The molecule has 28 heavy (non-hydrogen) atoms. The van der Waals surface area contributed by atoms with Crippen LogP contribution in [0.1, 0.15) is 23.2 Å². The van der Waals surface area contributed by atoms with Gasteiger partial charge in [0.15, 0.2) is 0 Å². The Hall–Kier alpha value is -2.98. The highest BCUT2D eigenvalue weighted by molar-refractivity contribution is 7.92. The van der Waals surface area contributed by atoms with Crippen LogP contribution < -0.4 is 10.0 Å². The molecule has 10 heteroatoms. The zero-order valence-electron chi connectivity index (χ0n) is 14.8. The van der Waals surface area contributed by atoms with Crippen molar-refractivity contribution < 1.29 is 22.9 Å².